The minimum Gasteiger partial charge on any atom is -0.490 e. The van der Waals surface area contributed by atoms with E-state index >= 15 is 0 Å². The Morgan fingerprint density at radius 2 is 1.81 bits per heavy atom. The van der Waals surface area contributed by atoms with Crippen molar-refractivity contribution in [2.45, 2.75) is 13.8 Å². The average molecular weight is 552 g/mol. The highest BCUT2D eigenvalue weighted by atomic mass is 79.9. The highest BCUT2D eigenvalue weighted by Gasteiger charge is 2.16. The number of aryl methyl sites for hydroxylation is 1. The number of nitrogens with one attached hydrogen (secondary N) is 2. The molecule has 0 heterocycles. The van der Waals surface area contributed by atoms with Crippen molar-refractivity contribution in [2.24, 2.45) is 0 Å². The molecule has 0 aliphatic carbocycles. The third-order valence-electron chi connectivity index (χ3n) is 4.76. The summed E-state index contributed by atoms with van der Waals surface area (Å²) < 4.78 is 25.0. The number of halogens is 2. The number of nitrogens with zero attached hydrogens (tertiary/aromatic N) is 1. The van der Waals surface area contributed by atoms with Crippen molar-refractivity contribution in [3.63, 3.8) is 0 Å². The van der Waals surface area contributed by atoms with Crippen LogP contribution in [-0.2, 0) is 9.59 Å². The molecule has 0 spiro atoms. The van der Waals surface area contributed by atoms with Crippen molar-refractivity contribution in [1.82, 2.24) is 0 Å². The number of rotatable bonds is 9. The van der Waals surface area contributed by atoms with Gasteiger partial charge in [0, 0.05) is 11.4 Å². The summed E-state index contributed by atoms with van der Waals surface area (Å²) in [7, 11) is 0. The van der Waals surface area contributed by atoms with Gasteiger partial charge in [-0.2, -0.15) is 5.26 Å². The first-order valence-corrected chi connectivity index (χ1v) is 11.7. The van der Waals surface area contributed by atoms with E-state index in [0.29, 0.717) is 39.5 Å². The maximum atomic E-state index is 13.1. The number of hydrogen-bond donors (Lipinski definition) is 2. The Morgan fingerprint density at radius 3 is 2.47 bits per heavy atom. The van der Waals surface area contributed by atoms with Crippen LogP contribution in [0, 0.1) is 24.1 Å². The molecule has 0 saturated heterocycles. The van der Waals surface area contributed by atoms with Crippen LogP contribution < -0.4 is 20.1 Å². The van der Waals surface area contributed by atoms with Crippen molar-refractivity contribution >= 4 is 45.2 Å². The molecule has 3 aromatic carbocycles. The van der Waals surface area contributed by atoms with Crippen molar-refractivity contribution < 1.29 is 23.5 Å². The molecule has 0 fully saturated rings. The molecule has 3 rings (SSSR count). The summed E-state index contributed by atoms with van der Waals surface area (Å²) in [6, 6.07) is 17.7. The first-order valence-electron chi connectivity index (χ1n) is 10.9. The summed E-state index contributed by atoms with van der Waals surface area (Å²) in [4.78, 5) is 24.9. The topological polar surface area (TPSA) is 100 Å². The molecule has 7 nitrogen and oxygen atoms in total. The Balaban J connectivity index is 1.76. The smallest absolute Gasteiger partial charge is 0.266 e. The van der Waals surface area contributed by atoms with Gasteiger partial charge in [-0.05, 0) is 95.5 Å². The second-order valence-corrected chi connectivity index (χ2v) is 8.45. The summed E-state index contributed by atoms with van der Waals surface area (Å²) in [6.07, 6.45) is 1.39. The van der Waals surface area contributed by atoms with Crippen molar-refractivity contribution in [2.75, 3.05) is 23.8 Å². The third kappa shape index (κ3) is 7.42. The van der Waals surface area contributed by atoms with E-state index in [9.17, 15) is 19.2 Å². The highest BCUT2D eigenvalue weighted by molar-refractivity contribution is 9.10. The van der Waals surface area contributed by atoms with E-state index in [0.717, 1.165) is 5.56 Å². The molecular weight excluding hydrogens is 529 g/mol. The van der Waals surface area contributed by atoms with E-state index in [-0.39, 0.29) is 18.1 Å². The number of amides is 2. The zero-order valence-electron chi connectivity index (χ0n) is 19.6. The van der Waals surface area contributed by atoms with Crippen molar-refractivity contribution in [3.05, 3.63) is 87.7 Å². The molecular formula is C27H23BrFN3O4. The zero-order chi connectivity index (χ0) is 26.1. The van der Waals surface area contributed by atoms with Crippen LogP contribution in [0.2, 0.25) is 0 Å². The lowest BCUT2D eigenvalue weighted by atomic mass is 10.1. The zero-order valence-corrected chi connectivity index (χ0v) is 21.2. The van der Waals surface area contributed by atoms with Crippen LogP contribution in [0.15, 0.2) is 70.7 Å². The summed E-state index contributed by atoms with van der Waals surface area (Å²) in [5, 5.41) is 14.8. The molecule has 0 unspecified atom stereocenters. The summed E-state index contributed by atoms with van der Waals surface area (Å²) in [5.74, 6) is -0.790. The number of nitriles is 1. The van der Waals surface area contributed by atoms with Gasteiger partial charge in [-0.15, -0.1) is 0 Å². The minimum atomic E-state index is -0.647. The van der Waals surface area contributed by atoms with Gasteiger partial charge < -0.3 is 20.1 Å². The SMILES string of the molecule is CCOc1cc(/C=C(\C#N)C(=O)Nc2ccc(F)cc2)cc(Br)c1OCC(=O)Nc1cccc(C)c1. The molecule has 0 atom stereocenters. The molecule has 0 bridgehead atoms. The largest absolute Gasteiger partial charge is 0.490 e. The third-order valence-corrected chi connectivity index (χ3v) is 5.35. The summed E-state index contributed by atoms with van der Waals surface area (Å²) in [6.45, 7) is 3.78. The molecule has 2 amide bonds. The van der Waals surface area contributed by atoms with E-state index in [1.54, 1.807) is 25.1 Å². The number of hydrogen-bond acceptors (Lipinski definition) is 5. The van der Waals surface area contributed by atoms with Gasteiger partial charge in [0.15, 0.2) is 18.1 Å². The van der Waals surface area contributed by atoms with E-state index in [2.05, 4.69) is 26.6 Å². The Morgan fingerprint density at radius 1 is 1.06 bits per heavy atom. The van der Waals surface area contributed by atoms with Gasteiger partial charge in [0.1, 0.15) is 17.5 Å². The molecule has 0 aromatic heterocycles. The van der Waals surface area contributed by atoms with Gasteiger partial charge in [-0.3, -0.25) is 9.59 Å². The van der Waals surface area contributed by atoms with Gasteiger partial charge in [0.2, 0.25) is 0 Å². The summed E-state index contributed by atoms with van der Waals surface area (Å²) in [5.41, 5.74) is 2.36. The Kier molecular flexibility index (Phi) is 9.19. The quantitative estimate of drug-likeness (QED) is 0.256. The van der Waals surface area contributed by atoms with E-state index < -0.39 is 11.7 Å². The number of benzene rings is 3. The van der Waals surface area contributed by atoms with Gasteiger partial charge in [0.05, 0.1) is 11.1 Å². The molecule has 2 N–H and O–H groups in total. The number of carbonyl (C=O) groups is 2. The van der Waals surface area contributed by atoms with Gasteiger partial charge in [0.25, 0.3) is 11.8 Å². The first-order chi connectivity index (χ1) is 17.3. The second kappa shape index (κ2) is 12.5. The lowest BCUT2D eigenvalue weighted by molar-refractivity contribution is -0.118. The van der Waals surface area contributed by atoms with Crippen molar-refractivity contribution in [1.29, 1.82) is 5.26 Å². The van der Waals surface area contributed by atoms with Gasteiger partial charge in [-0.1, -0.05) is 12.1 Å². The fourth-order valence-corrected chi connectivity index (χ4v) is 3.75. The van der Waals surface area contributed by atoms with Crippen molar-refractivity contribution in [3.8, 4) is 17.6 Å². The van der Waals surface area contributed by atoms with Crippen LogP contribution in [0.5, 0.6) is 11.5 Å². The van der Waals surface area contributed by atoms with Crippen LogP contribution in [-0.4, -0.2) is 25.0 Å². The van der Waals surface area contributed by atoms with Crippen LogP contribution in [0.25, 0.3) is 6.08 Å². The predicted molar refractivity (Wildman–Crippen MR) is 139 cm³/mol. The van der Waals surface area contributed by atoms with E-state index in [1.165, 1.54) is 30.3 Å². The second-order valence-electron chi connectivity index (χ2n) is 7.60. The normalized spacial score (nSPS) is 10.8. The Hall–Kier alpha value is -4.16. The standard InChI is InChI=1S/C27H23BrFN3O4/c1-3-35-24-14-18(12-19(15-30)27(34)32-21-9-7-20(29)8-10-21)13-23(28)26(24)36-16-25(33)31-22-6-4-5-17(2)11-22/h4-14H,3,16H2,1-2H3,(H,31,33)(H,32,34)/b19-12+. The molecule has 0 radical (unpaired) electrons. The molecule has 0 aliphatic heterocycles. The predicted octanol–water partition coefficient (Wildman–Crippen LogP) is 5.86. The molecule has 9 heteroatoms. The highest BCUT2D eigenvalue weighted by Crippen LogP contribution is 2.37. The Labute approximate surface area is 216 Å². The molecule has 0 saturated carbocycles. The number of carbonyl (C=O) groups excluding carboxylic acids is 2. The van der Waals surface area contributed by atoms with E-state index in [4.69, 9.17) is 9.47 Å². The van der Waals surface area contributed by atoms with E-state index in [1.807, 2.05) is 31.2 Å². The van der Waals surface area contributed by atoms with Crippen LogP contribution in [0.4, 0.5) is 15.8 Å². The molecule has 36 heavy (non-hydrogen) atoms. The lowest BCUT2D eigenvalue weighted by Crippen LogP contribution is -2.20. The maximum Gasteiger partial charge on any atom is 0.266 e. The van der Waals surface area contributed by atoms with Gasteiger partial charge >= 0.3 is 0 Å². The fourth-order valence-electron chi connectivity index (χ4n) is 3.18. The number of ether oxygens (including phenoxy) is 2. The molecule has 184 valence electrons. The molecule has 3 aromatic rings. The first kappa shape index (κ1) is 26.4. The van der Waals surface area contributed by atoms with Crippen LogP contribution in [0.3, 0.4) is 0 Å². The number of anilines is 2. The van der Waals surface area contributed by atoms with Gasteiger partial charge in [-0.25, -0.2) is 4.39 Å². The maximum absolute atomic E-state index is 13.1. The Bertz CT molecular complexity index is 1330. The van der Waals surface area contributed by atoms with Crippen LogP contribution >= 0.6 is 15.9 Å². The molecule has 0 aliphatic rings. The minimum absolute atomic E-state index is 0.167. The van der Waals surface area contributed by atoms with Crippen LogP contribution in [0.1, 0.15) is 18.1 Å². The fraction of sp³-hybridized carbons (Fsp3) is 0.148. The average Bonchev–Trinajstić information content (AvgIpc) is 2.83. The monoisotopic (exact) mass is 551 g/mol. The summed E-state index contributed by atoms with van der Waals surface area (Å²) >= 11 is 3.42. The lowest BCUT2D eigenvalue weighted by Gasteiger charge is -2.15.